The van der Waals surface area contributed by atoms with Crippen LogP contribution in [0.2, 0.25) is 0 Å². The number of benzene rings is 2. The number of hydrogen-bond donors (Lipinski definition) is 1. The second-order valence-corrected chi connectivity index (χ2v) is 5.96. The predicted octanol–water partition coefficient (Wildman–Crippen LogP) is 4.39. The third-order valence-corrected chi connectivity index (χ3v) is 4.08. The molecule has 0 unspecified atom stereocenters. The Balaban J connectivity index is 2.18. The van der Waals surface area contributed by atoms with Crippen LogP contribution in [-0.2, 0) is 11.2 Å². The number of nitrogens with zero attached hydrogens (tertiary/aromatic N) is 1. The first-order valence-electron chi connectivity index (χ1n) is 6.88. The molecule has 0 saturated heterocycles. The number of fused-ring (bicyclic) bond motifs is 1. The van der Waals surface area contributed by atoms with Gasteiger partial charge in [0, 0.05) is 10.0 Å². The zero-order valence-electron chi connectivity index (χ0n) is 11.9. The maximum absolute atomic E-state index is 12.3. The molecule has 21 heavy (non-hydrogen) atoms. The average Bonchev–Trinajstić information content (AvgIpc) is 2.77. The number of carbonyl (C=O) groups excluding carboxylic acids is 1. The minimum atomic E-state index is -0.138. The first-order chi connectivity index (χ1) is 10.1. The molecule has 1 heterocycles. The Kier molecular flexibility index (Phi) is 3.64. The van der Waals surface area contributed by atoms with Crippen LogP contribution in [0.1, 0.15) is 23.6 Å². The van der Waals surface area contributed by atoms with Crippen molar-refractivity contribution in [2.24, 2.45) is 4.99 Å². The van der Waals surface area contributed by atoms with Gasteiger partial charge in [0.1, 0.15) is 5.71 Å². The Labute approximate surface area is 132 Å². The zero-order chi connectivity index (χ0) is 15.0. The monoisotopic (exact) mass is 342 g/mol. The highest BCUT2D eigenvalue weighted by molar-refractivity contribution is 9.10. The van der Waals surface area contributed by atoms with E-state index in [2.05, 4.69) is 33.2 Å². The number of hydrogen-bond acceptors (Lipinski definition) is 2. The lowest BCUT2D eigenvalue weighted by atomic mass is 10.0. The Morgan fingerprint density at radius 1 is 1.24 bits per heavy atom. The summed E-state index contributed by atoms with van der Waals surface area (Å²) in [6, 6.07) is 11.8. The molecule has 1 amide bonds. The lowest BCUT2D eigenvalue weighted by molar-refractivity contribution is -0.110. The van der Waals surface area contributed by atoms with Gasteiger partial charge < -0.3 is 5.32 Å². The molecule has 2 aromatic rings. The van der Waals surface area contributed by atoms with E-state index >= 15 is 0 Å². The highest BCUT2D eigenvalue weighted by Crippen LogP contribution is 2.33. The van der Waals surface area contributed by atoms with E-state index in [1.54, 1.807) is 0 Å². The highest BCUT2D eigenvalue weighted by Gasteiger charge is 2.28. The van der Waals surface area contributed by atoms with E-state index in [-0.39, 0.29) is 5.91 Å². The van der Waals surface area contributed by atoms with Gasteiger partial charge in [0.15, 0.2) is 0 Å². The fraction of sp³-hybridized carbons (Fsp3) is 0.176. The summed E-state index contributed by atoms with van der Waals surface area (Å²) < 4.78 is 0.965. The minimum Gasteiger partial charge on any atom is -0.320 e. The van der Waals surface area contributed by atoms with Gasteiger partial charge in [-0.1, -0.05) is 41.1 Å². The standard InChI is InChI=1S/C17H15BrN2O/c1-3-11-8-12(18)9-13-15(11)20-17(21)16(13)19-14-7-5-4-6-10(14)2/h4-9H,3H2,1-2H3,(H,19,20,21). The van der Waals surface area contributed by atoms with E-state index in [0.29, 0.717) is 5.71 Å². The fourth-order valence-electron chi connectivity index (χ4n) is 2.49. The van der Waals surface area contributed by atoms with Crippen molar-refractivity contribution in [2.45, 2.75) is 20.3 Å². The number of aliphatic imine (C=N–C) groups is 1. The zero-order valence-corrected chi connectivity index (χ0v) is 13.5. The molecule has 0 radical (unpaired) electrons. The molecular weight excluding hydrogens is 328 g/mol. The smallest absolute Gasteiger partial charge is 0.275 e. The summed E-state index contributed by atoms with van der Waals surface area (Å²) >= 11 is 3.51. The molecule has 3 rings (SSSR count). The maximum Gasteiger partial charge on any atom is 0.275 e. The number of anilines is 1. The fourth-order valence-corrected chi connectivity index (χ4v) is 3.00. The summed E-state index contributed by atoms with van der Waals surface area (Å²) in [5, 5.41) is 2.94. The molecule has 0 bridgehead atoms. The molecule has 2 aromatic carbocycles. The van der Waals surface area contributed by atoms with E-state index in [0.717, 1.165) is 39.0 Å². The van der Waals surface area contributed by atoms with E-state index < -0.39 is 0 Å². The highest BCUT2D eigenvalue weighted by atomic mass is 79.9. The van der Waals surface area contributed by atoms with Crippen LogP contribution in [0.3, 0.4) is 0 Å². The van der Waals surface area contributed by atoms with Gasteiger partial charge >= 0.3 is 0 Å². The Morgan fingerprint density at radius 2 is 2.00 bits per heavy atom. The van der Waals surface area contributed by atoms with Crippen LogP contribution in [0.25, 0.3) is 0 Å². The van der Waals surface area contributed by atoms with E-state index in [9.17, 15) is 4.79 Å². The normalized spacial score (nSPS) is 15.2. The SMILES string of the molecule is CCc1cc(Br)cc2c1NC(=O)C2=Nc1ccccc1C. The second-order valence-electron chi connectivity index (χ2n) is 5.04. The second kappa shape index (κ2) is 5.45. The molecule has 1 N–H and O–H groups in total. The van der Waals surface area contributed by atoms with Crippen molar-refractivity contribution < 1.29 is 4.79 Å². The predicted molar refractivity (Wildman–Crippen MR) is 89.5 cm³/mol. The van der Waals surface area contributed by atoms with Gasteiger partial charge in [-0.2, -0.15) is 0 Å². The molecule has 3 nitrogen and oxygen atoms in total. The van der Waals surface area contributed by atoms with Crippen molar-refractivity contribution in [3.63, 3.8) is 0 Å². The molecule has 4 heteroatoms. The third-order valence-electron chi connectivity index (χ3n) is 3.62. The lowest BCUT2D eigenvalue weighted by Crippen LogP contribution is -2.14. The molecule has 0 aromatic heterocycles. The van der Waals surface area contributed by atoms with Crippen molar-refractivity contribution >= 4 is 38.9 Å². The molecule has 0 aliphatic carbocycles. The Hall–Kier alpha value is -1.94. The van der Waals surface area contributed by atoms with Crippen LogP contribution in [0.15, 0.2) is 45.9 Å². The maximum atomic E-state index is 12.3. The van der Waals surface area contributed by atoms with Crippen molar-refractivity contribution in [3.8, 4) is 0 Å². The Morgan fingerprint density at radius 3 is 2.71 bits per heavy atom. The van der Waals surface area contributed by atoms with Crippen molar-refractivity contribution in [3.05, 3.63) is 57.6 Å². The number of aryl methyl sites for hydroxylation is 2. The number of halogens is 1. The van der Waals surface area contributed by atoms with Gasteiger partial charge in [-0.3, -0.25) is 4.79 Å². The van der Waals surface area contributed by atoms with Gasteiger partial charge in [-0.15, -0.1) is 0 Å². The van der Waals surface area contributed by atoms with E-state index in [1.807, 2.05) is 43.3 Å². The topological polar surface area (TPSA) is 41.5 Å². The number of para-hydroxylation sites is 1. The minimum absolute atomic E-state index is 0.138. The van der Waals surface area contributed by atoms with Crippen molar-refractivity contribution in [1.82, 2.24) is 0 Å². The molecular formula is C17H15BrN2O. The summed E-state index contributed by atoms with van der Waals surface area (Å²) in [6.45, 7) is 4.07. The van der Waals surface area contributed by atoms with E-state index in [1.165, 1.54) is 0 Å². The summed E-state index contributed by atoms with van der Waals surface area (Å²) in [5.74, 6) is -0.138. The van der Waals surface area contributed by atoms with Gasteiger partial charge in [-0.25, -0.2) is 4.99 Å². The van der Waals surface area contributed by atoms with Crippen molar-refractivity contribution in [1.29, 1.82) is 0 Å². The van der Waals surface area contributed by atoms with Crippen molar-refractivity contribution in [2.75, 3.05) is 5.32 Å². The van der Waals surface area contributed by atoms with Crippen LogP contribution in [0, 0.1) is 6.92 Å². The molecule has 0 saturated carbocycles. The quantitative estimate of drug-likeness (QED) is 0.863. The number of nitrogens with one attached hydrogen (secondary N) is 1. The third kappa shape index (κ3) is 2.51. The van der Waals surface area contributed by atoms with Gasteiger partial charge in [-0.05, 0) is 42.7 Å². The average molecular weight is 343 g/mol. The summed E-state index contributed by atoms with van der Waals surface area (Å²) in [6.07, 6.45) is 0.861. The first kappa shape index (κ1) is 14.0. The molecule has 0 fully saturated rings. The van der Waals surface area contributed by atoms with Gasteiger partial charge in [0.25, 0.3) is 5.91 Å². The van der Waals surface area contributed by atoms with Gasteiger partial charge in [0.05, 0.1) is 11.4 Å². The molecule has 1 aliphatic heterocycles. The van der Waals surface area contributed by atoms with Crippen LogP contribution < -0.4 is 5.32 Å². The lowest BCUT2D eigenvalue weighted by Gasteiger charge is -2.06. The van der Waals surface area contributed by atoms with Gasteiger partial charge in [0.2, 0.25) is 0 Å². The molecule has 0 spiro atoms. The summed E-state index contributed by atoms with van der Waals surface area (Å²) in [7, 11) is 0. The number of rotatable bonds is 2. The molecule has 0 atom stereocenters. The molecule has 1 aliphatic rings. The first-order valence-corrected chi connectivity index (χ1v) is 7.68. The number of amides is 1. The summed E-state index contributed by atoms with van der Waals surface area (Å²) in [4.78, 5) is 16.8. The van der Waals surface area contributed by atoms with Crippen LogP contribution in [-0.4, -0.2) is 11.6 Å². The van der Waals surface area contributed by atoms with E-state index in [4.69, 9.17) is 0 Å². The Bertz CT molecular complexity index is 765. The molecule has 106 valence electrons. The van der Waals surface area contributed by atoms with Crippen LogP contribution >= 0.6 is 15.9 Å². The number of carbonyl (C=O) groups is 1. The van der Waals surface area contributed by atoms with Crippen LogP contribution in [0.5, 0.6) is 0 Å². The van der Waals surface area contributed by atoms with Crippen LogP contribution in [0.4, 0.5) is 11.4 Å². The summed E-state index contributed by atoms with van der Waals surface area (Å²) in [5.41, 5.74) is 5.23. The largest absolute Gasteiger partial charge is 0.320 e.